The van der Waals surface area contributed by atoms with Gasteiger partial charge >= 0.3 is 12.1 Å². The number of hydrogen-bond acceptors (Lipinski definition) is 9. The third-order valence-electron chi connectivity index (χ3n) is 8.27. The van der Waals surface area contributed by atoms with Gasteiger partial charge in [0.1, 0.15) is 24.7 Å². The zero-order chi connectivity index (χ0) is 38.1. The molecular weight excluding hydrogens is 929 g/mol. The molecule has 2 aliphatic heterocycles. The summed E-state index contributed by atoms with van der Waals surface area (Å²) < 4.78 is 24.1. The van der Waals surface area contributed by atoms with Crippen LogP contribution in [0.3, 0.4) is 0 Å². The predicted octanol–water partition coefficient (Wildman–Crippen LogP) is 6.46. The number of fused-ring (bicyclic) bond motifs is 10. The van der Waals surface area contributed by atoms with Crippen molar-refractivity contribution in [3.8, 4) is 17.2 Å². The number of hydrogen-bond donors (Lipinski definition) is 4. The summed E-state index contributed by atoms with van der Waals surface area (Å²) in [6.07, 6.45) is -1.88. The molecule has 6 rings (SSSR count). The molecule has 0 spiro atoms. The number of nitrogens with one attached hydrogen (secondary N) is 3. The zero-order valence-electron chi connectivity index (χ0n) is 28.6. The molecule has 4 aromatic rings. The monoisotopic (exact) mass is 963 g/mol. The Hall–Kier alpha value is -4.19. The van der Waals surface area contributed by atoms with Crippen molar-refractivity contribution in [2.45, 2.75) is 57.2 Å². The van der Waals surface area contributed by atoms with Gasteiger partial charge in [-0.25, -0.2) is 9.59 Å². The highest BCUT2D eigenvalue weighted by Crippen LogP contribution is 2.42. The maximum absolute atomic E-state index is 14.2. The number of methoxy groups -OCH3 is 1. The molecule has 0 radical (unpaired) electrons. The number of esters is 1. The molecule has 3 amide bonds. The van der Waals surface area contributed by atoms with Gasteiger partial charge in [0, 0.05) is 12.8 Å². The summed E-state index contributed by atoms with van der Waals surface area (Å²) >= 11 is 9.01. The Bertz CT molecular complexity index is 1930. The van der Waals surface area contributed by atoms with Crippen molar-refractivity contribution < 1.29 is 43.2 Å². The van der Waals surface area contributed by atoms with E-state index in [1.165, 1.54) is 7.11 Å². The van der Waals surface area contributed by atoms with Crippen LogP contribution in [0.4, 0.5) is 4.79 Å². The Kier molecular flexibility index (Phi) is 14.1. The molecule has 15 heteroatoms. The molecule has 4 N–H and O–H groups in total. The quantitative estimate of drug-likeness (QED) is 0.115. The van der Waals surface area contributed by atoms with Crippen LogP contribution in [0.1, 0.15) is 29.2 Å². The van der Waals surface area contributed by atoms with Gasteiger partial charge in [0.2, 0.25) is 11.8 Å². The molecular formula is C38H36Br2IN3O9. The second kappa shape index (κ2) is 18.7. The van der Waals surface area contributed by atoms with Crippen LogP contribution in [-0.4, -0.2) is 60.3 Å². The normalized spacial score (nSPS) is 18.1. The van der Waals surface area contributed by atoms with E-state index in [9.17, 15) is 24.3 Å². The Morgan fingerprint density at radius 2 is 1.51 bits per heavy atom. The van der Waals surface area contributed by atoms with Gasteiger partial charge < -0.3 is 40.0 Å². The van der Waals surface area contributed by atoms with Crippen LogP contribution < -0.4 is 20.7 Å². The fourth-order valence-electron chi connectivity index (χ4n) is 5.49. The number of aromatic hydroxyl groups is 1. The summed E-state index contributed by atoms with van der Waals surface area (Å²) in [6.45, 7) is 1.69. The second-order valence-corrected chi connectivity index (χ2v) is 15.0. The number of phenols is 1. The van der Waals surface area contributed by atoms with E-state index in [1.807, 2.05) is 71.1 Å². The lowest BCUT2D eigenvalue weighted by atomic mass is 10.0. The SMILES string of the molecule is COC(=O)[C@@H]1Cc2cc(Br)c(c(Br)c2)Oc2cc(cc(I)c2O)C[C@H](NC(=O)OCc2ccccc2)C(=O)N[C@@H]([C@@H](C)OCc2ccccc2)C(=O)N1. The van der Waals surface area contributed by atoms with E-state index in [2.05, 4.69) is 47.8 Å². The first-order chi connectivity index (χ1) is 25.4. The third-order valence-corrected chi connectivity index (χ3v) is 10.3. The van der Waals surface area contributed by atoms with E-state index < -0.39 is 48.1 Å². The fourth-order valence-corrected chi connectivity index (χ4v) is 7.60. The van der Waals surface area contributed by atoms with Crippen LogP contribution in [0.5, 0.6) is 17.2 Å². The number of amides is 3. The number of halogens is 3. The summed E-state index contributed by atoms with van der Waals surface area (Å²) in [4.78, 5) is 54.5. The molecule has 0 aromatic heterocycles. The number of phenolic OH excluding ortho intramolecular Hbond substituents is 1. The average molecular weight is 965 g/mol. The van der Waals surface area contributed by atoms with E-state index in [-0.39, 0.29) is 37.6 Å². The Morgan fingerprint density at radius 1 is 0.906 bits per heavy atom. The number of alkyl carbamates (subject to hydrolysis) is 1. The standard InChI is InChI=1S/C38H36Br2IN3O9/c1-21(51-19-22-9-5-3-6-10-22)32-36(47)42-30(37(48)50-2)17-24-13-26(39)34(27(40)14-24)53-31-18-25(15-28(41)33(31)45)16-29(35(46)44-32)43-38(49)52-20-23-11-7-4-8-12-23/h3-15,18,21,29-30,32,45H,16-17,19-20H2,1-2H3,(H,42,47)(H,43,49)(H,44,46)/t21-,29+,30+,32+/m1/s1. The molecule has 278 valence electrons. The van der Waals surface area contributed by atoms with Crippen molar-refractivity contribution in [3.05, 3.63) is 120 Å². The summed E-state index contributed by atoms with van der Waals surface area (Å²) in [5, 5.41) is 19.1. The minimum Gasteiger partial charge on any atom is -0.504 e. The highest BCUT2D eigenvalue weighted by atomic mass is 127. The summed E-state index contributed by atoms with van der Waals surface area (Å²) in [5.74, 6) is -1.91. The third kappa shape index (κ3) is 10.9. The van der Waals surface area contributed by atoms with E-state index in [4.69, 9.17) is 18.9 Å². The lowest BCUT2D eigenvalue weighted by molar-refractivity contribution is -0.146. The second-order valence-electron chi connectivity index (χ2n) is 12.2. The fraction of sp³-hybridized carbons (Fsp3) is 0.263. The Labute approximate surface area is 336 Å². The van der Waals surface area contributed by atoms with Gasteiger partial charge in [0.05, 0.1) is 32.3 Å². The number of carbonyl (C=O) groups is 4. The number of benzene rings is 4. The first-order valence-corrected chi connectivity index (χ1v) is 19.1. The first-order valence-electron chi connectivity index (χ1n) is 16.4. The van der Waals surface area contributed by atoms with Crippen molar-refractivity contribution in [2.24, 2.45) is 0 Å². The molecule has 4 bridgehead atoms. The van der Waals surface area contributed by atoms with Gasteiger partial charge in [-0.1, -0.05) is 60.7 Å². The minimum atomic E-state index is -1.33. The van der Waals surface area contributed by atoms with Crippen LogP contribution in [0.2, 0.25) is 0 Å². The van der Waals surface area contributed by atoms with Crippen LogP contribution >= 0.6 is 54.5 Å². The van der Waals surface area contributed by atoms with E-state index >= 15 is 0 Å². The molecule has 0 fully saturated rings. The highest BCUT2D eigenvalue weighted by molar-refractivity contribution is 14.1. The van der Waals surface area contributed by atoms with Crippen molar-refractivity contribution in [3.63, 3.8) is 0 Å². The lowest BCUT2D eigenvalue weighted by Gasteiger charge is -2.28. The zero-order valence-corrected chi connectivity index (χ0v) is 33.9. The molecule has 53 heavy (non-hydrogen) atoms. The van der Waals surface area contributed by atoms with Crippen molar-refractivity contribution in [1.82, 2.24) is 16.0 Å². The average Bonchev–Trinajstić information content (AvgIpc) is 3.14. The largest absolute Gasteiger partial charge is 0.504 e. The maximum atomic E-state index is 14.2. The summed E-state index contributed by atoms with van der Waals surface area (Å²) in [6, 6.07) is 21.2. The number of carbonyl (C=O) groups excluding carboxylic acids is 4. The Balaban J connectivity index is 1.54. The molecule has 12 nitrogen and oxygen atoms in total. The predicted molar refractivity (Wildman–Crippen MR) is 210 cm³/mol. The van der Waals surface area contributed by atoms with Crippen molar-refractivity contribution in [1.29, 1.82) is 0 Å². The van der Waals surface area contributed by atoms with Crippen molar-refractivity contribution in [2.75, 3.05) is 7.11 Å². The van der Waals surface area contributed by atoms with Crippen LogP contribution in [0.15, 0.2) is 93.9 Å². The van der Waals surface area contributed by atoms with E-state index in [0.29, 0.717) is 29.4 Å². The highest BCUT2D eigenvalue weighted by Gasteiger charge is 2.35. The minimum absolute atomic E-state index is 0.00584. The van der Waals surface area contributed by atoms with Gasteiger partial charge in [0.25, 0.3) is 0 Å². The lowest BCUT2D eigenvalue weighted by Crippen LogP contribution is -2.60. The van der Waals surface area contributed by atoms with Crippen LogP contribution in [-0.2, 0) is 54.6 Å². The van der Waals surface area contributed by atoms with Crippen LogP contribution in [0.25, 0.3) is 0 Å². The van der Waals surface area contributed by atoms with E-state index in [1.54, 1.807) is 43.3 Å². The molecule has 4 atom stereocenters. The molecule has 0 aliphatic carbocycles. The molecule has 2 heterocycles. The van der Waals surface area contributed by atoms with Gasteiger partial charge in [-0.3, -0.25) is 9.59 Å². The number of rotatable bonds is 8. The van der Waals surface area contributed by atoms with Crippen molar-refractivity contribution >= 4 is 78.3 Å². The summed E-state index contributed by atoms with van der Waals surface area (Å²) in [5.41, 5.74) is 2.71. The molecule has 2 aliphatic rings. The van der Waals surface area contributed by atoms with Crippen LogP contribution in [0, 0.1) is 3.57 Å². The Morgan fingerprint density at radius 3 is 2.13 bits per heavy atom. The first kappa shape index (κ1) is 40.0. The summed E-state index contributed by atoms with van der Waals surface area (Å²) in [7, 11) is 1.21. The topological polar surface area (TPSA) is 162 Å². The molecule has 0 saturated heterocycles. The van der Waals surface area contributed by atoms with Gasteiger partial charge in [0.15, 0.2) is 17.2 Å². The van der Waals surface area contributed by atoms with Gasteiger partial charge in [-0.05, 0) is 108 Å². The number of ether oxygens (including phenoxy) is 4. The van der Waals surface area contributed by atoms with Gasteiger partial charge in [-0.15, -0.1) is 0 Å². The maximum Gasteiger partial charge on any atom is 0.408 e. The molecule has 4 aromatic carbocycles. The smallest absolute Gasteiger partial charge is 0.408 e. The molecule has 0 unspecified atom stereocenters. The van der Waals surface area contributed by atoms with Gasteiger partial charge in [-0.2, -0.15) is 0 Å². The van der Waals surface area contributed by atoms with E-state index in [0.717, 1.165) is 11.1 Å². The molecule has 0 saturated carbocycles.